The first-order chi connectivity index (χ1) is 13.7. The normalized spacial score (nSPS) is 14.8. The lowest BCUT2D eigenvalue weighted by atomic mass is 9.97. The molecule has 3 aromatic heterocycles. The number of thiazole rings is 1. The van der Waals surface area contributed by atoms with Crippen LogP contribution in [0.1, 0.15) is 12.8 Å². The quantitative estimate of drug-likeness (QED) is 0.732. The van der Waals surface area contributed by atoms with Gasteiger partial charge in [-0.05, 0) is 30.9 Å². The minimum Gasteiger partial charge on any atom is -0.324 e. The van der Waals surface area contributed by atoms with Crippen molar-refractivity contribution in [3.05, 3.63) is 58.9 Å². The topological polar surface area (TPSA) is 93.0 Å². The van der Waals surface area contributed by atoms with Crippen LogP contribution in [0.15, 0.2) is 53.3 Å². The summed E-state index contributed by atoms with van der Waals surface area (Å²) in [7, 11) is 0. The Kier molecular flexibility index (Phi) is 5.43. The average Bonchev–Trinajstić information content (AvgIpc) is 3.24. The molecule has 4 rings (SSSR count). The van der Waals surface area contributed by atoms with Crippen molar-refractivity contribution in [2.24, 2.45) is 5.92 Å². The van der Waals surface area contributed by atoms with Crippen LogP contribution in [0, 0.1) is 5.92 Å². The van der Waals surface area contributed by atoms with Crippen LogP contribution >= 0.6 is 11.3 Å². The summed E-state index contributed by atoms with van der Waals surface area (Å²) in [6.07, 6.45) is 8.34. The summed E-state index contributed by atoms with van der Waals surface area (Å²) >= 11 is 1.40. The molecule has 8 nitrogen and oxygen atoms in total. The number of hydrogen-bond donors (Lipinski definition) is 1. The zero-order chi connectivity index (χ0) is 19.3. The molecule has 0 radical (unpaired) electrons. The van der Waals surface area contributed by atoms with E-state index in [0.29, 0.717) is 36.4 Å². The van der Waals surface area contributed by atoms with Crippen molar-refractivity contribution < 1.29 is 4.79 Å². The van der Waals surface area contributed by atoms with E-state index in [1.807, 2.05) is 17.5 Å². The second kappa shape index (κ2) is 8.30. The van der Waals surface area contributed by atoms with Crippen LogP contribution in [0.5, 0.6) is 0 Å². The molecule has 0 aromatic carbocycles. The van der Waals surface area contributed by atoms with Crippen molar-refractivity contribution in [1.82, 2.24) is 24.4 Å². The first kappa shape index (κ1) is 18.3. The number of urea groups is 1. The van der Waals surface area contributed by atoms with Gasteiger partial charge in [0.05, 0.1) is 12.0 Å². The van der Waals surface area contributed by atoms with Crippen LogP contribution in [-0.4, -0.2) is 43.5 Å². The molecule has 1 aliphatic rings. The summed E-state index contributed by atoms with van der Waals surface area (Å²) in [5.41, 5.74) is 1.46. The lowest BCUT2D eigenvalue weighted by Gasteiger charge is -2.31. The van der Waals surface area contributed by atoms with Gasteiger partial charge in [-0.25, -0.2) is 14.8 Å². The third-order valence-electron chi connectivity index (χ3n) is 4.86. The van der Waals surface area contributed by atoms with Crippen molar-refractivity contribution >= 4 is 22.5 Å². The van der Waals surface area contributed by atoms with Crippen molar-refractivity contribution in [2.75, 3.05) is 18.4 Å². The minimum atomic E-state index is -0.117. The SMILES string of the molecule is O=C(Nc1nccs1)N1CCC(Cn2cnc(-c3ccncc3)cc2=O)CC1. The molecule has 1 fully saturated rings. The van der Waals surface area contributed by atoms with Gasteiger partial charge in [-0.1, -0.05) is 0 Å². The molecule has 144 valence electrons. The lowest BCUT2D eigenvalue weighted by molar-refractivity contribution is 0.176. The van der Waals surface area contributed by atoms with Crippen molar-refractivity contribution in [3.63, 3.8) is 0 Å². The third kappa shape index (κ3) is 4.25. The fourth-order valence-electron chi connectivity index (χ4n) is 3.30. The summed E-state index contributed by atoms with van der Waals surface area (Å²) in [5, 5.41) is 5.25. The molecular weight excluding hydrogens is 376 g/mol. The number of nitrogens with zero attached hydrogens (tertiary/aromatic N) is 5. The van der Waals surface area contributed by atoms with Gasteiger partial charge in [0, 0.05) is 55.2 Å². The Labute approximate surface area is 165 Å². The van der Waals surface area contributed by atoms with Gasteiger partial charge in [0.15, 0.2) is 5.13 Å². The van der Waals surface area contributed by atoms with Crippen LogP contribution in [-0.2, 0) is 6.54 Å². The number of pyridine rings is 1. The Hall–Kier alpha value is -3.07. The summed E-state index contributed by atoms with van der Waals surface area (Å²) < 4.78 is 1.65. The van der Waals surface area contributed by atoms with E-state index in [2.05, 4.69) is 20.3 Å². The standard InChI is InChI=1S/C19H20N6O2S/c26-17-11-16(15-1-5-20-6-2-15)22-13-25(17)12-14-3-8-24(9-4-14)19(27)23-18-21-7-10-28-18/h1-2,5-7,10-11,13-14H,3-4,8-9,12H2,(H,21,23,27). The number of likely N-dealkylation sites (tertiary alicyclic amines) is 1. The van der Waals surface area contributed by atoms with Crippen LogP contribution in [0.3, 0.4) is 0 Å². The molecule has 28 heavy (non-hydrogen) atoms. The van der Waals surface area contributed by atoms with Crippen molar-refractivity contribution in [2.45, 2.75) is 19.4 Å². The smallest absolute Gasteiger partial charge is 0.323 e. The highest BCUT2D eigenvalue weighted by Crippen LogP contribution is 2.20. The van der Waals surface area contributed by atoms with E-state index >= 15 is 0 Å². The van der Waals surface area contributed by atoms with Crippen LogP contribution in [0.4, 0.5) is 9.93 Å². The number of piperidine rings is 1. The number of anilines is 1. The molecule has 0 unspecified atom stereocenters. The van der Waals surface area contributed by atoms with Gasteiger partial charge in [-0.2, -0.15) is 0 Å². The Morgan fingerprint density at radius 1 is 1.18 bits per heavy atom. The molecule has 1 N–H and O–H groups in total. The molecule has 2 amide bonds. The third-order valence-corrected chi connectivity index (χ3v) is 5.55. The van der Waals surface area contributed by atoms with Gasteiger partial charge in [0.2, 0.25) is 0 Å². The maximum Gasteiger partial charge on any atom is 0.323 e. The molecule has 9 heteroatoms. The van der Waals surface area contributed by atoms with Crippen molar-refractivity contribution in [3.8, 4) is 11.3 Å². The Morgan fingerprint density at radius 3 is 2.64 bits per heavy atom. The molecule has 1 aliphatic heterocycles. The van der Waals surface area contributed by atoms with Crippen molar-refractivity contribution in [1.29, 1.82) is 0 Å². The molecule has 4 heterocycles. The Morgan fingerprint density at radius 2 is 1.96 bits per heavy atom. The molecular formula is C19H20N6O2S. The summed E-state index contributed by atoms with van der Waals surface area (Å²) in [4.78, 5) is 39.0. The maximum absolute atomic E-state index is 12.5. The zero-order valence-electron chi connectivity index (χ0n) is 15.2. The predicted molar refractivity (Wildman–Crippen MR) is 107 cm³/mol. The monoisotopic (exact) mass is 396 g/mol. The molecule has 3 aromatic rings. The van der Waals surface area contributed by atoms with E-state index in [1.165, 1.54) is 11.3 Å². The highest BCUT2D eigenvalue weighted by Gasteiger charge is 2.23. The van der Waals surface area contributed by atoms with Gasteiger partial charge in [0.25, 0.3) is 5.56 Å². The second-order valence-corrected chi connectivity index (χ2v) is 7.59. The van der Waals surface area contributed by atoms with Gasteiger partial charge in [-0.3, -0.25) is 19.7 Å². The van der Waals surface area contributed by atoms with E-state index in [0.717, 1.165) is 18.4 Å². The van der Waals surface area contributed by atoms with E-state index < -0.39 is 0 Å². The number of aromatic nitrogens is 4. The fourth-order valence-corrected chi connectivity index (χ4v) is 3.81. The van der Waals surface area contributed by atoms with Gasteiger partial charge in [0.1, 0.15) is 0 Å². The molecule has 0 aliphatic carbocycles. The molecule has 0 spiro atoms. The van der Waals surface area contributed by atoms with E-state index in [4.69, 9.17) is 0 Å². The summed E-state index contributed by atoms with van der Waals surface area (Å²) in [6.45, 7) is 1.95. The van der Waals surface area contributed by atoms with Crippen LogP contribution < -0.4 is 10.9 Å². The van der Waals surface area contributed by atoms with Crippen LogP contribution in [0.25, 0.3) is 11.3 Å². The number of hydrogen-bond acceptors (Lipinski definition) is 6. The average molecular weight is 396 g/mol. The van der Waals surface area contributed by atoms with E-state index in [9.17, 15) is 9.59 Å². The van der Waals surface area contributed by atoms with E-state index in [-0.39, 0.29) is 11.6 Å². The van der Waals surface area contributed by atoms with Crippen LogP contribution in [0.2, 0.25) is 0 Å². The second-order valence-electron chi connectivity index (χ2n) is 6.70. The largest absolute Gasteiger partial charge is 0.324 e. The molecule has 1 saturated heterocycles. The Balaban J connectivity index is 1.33. The number of carbonyl (C=O) groups is 1. The predicted octanol–water partition coefficient (Wildman–Crippen LogP) is 2.71. The van der Waals surface area contributed by atoms with E-state index in [1.54, 1.807) is 40.5 Å². The fraction of sp³-hybridized carbons (Fsp3) is 0.316. The number of rotatable bonds is 4. The summed E-state index contributed by atoms with van der Waals surface area (Å²) in [6, 6.07) is 5.11. The Bertz CT molecular complexity index is 981. The zero-order valence-corrected chi connectivity index (χ0v) is 16.0. The van der Waals surface area contributed by atoms with Gasteiger partial charge in [-0.15, -0.1) is 11.3 Å². The first-order valence-corrected chi connectivity index (χ1v) is 9.99. The van der Waals surface area contributed by atoms with Gasteiger partial charge < -0.3 is 4.90 Å². The highest BCUT2D eigenvalue weighted by molar-refractivity contribution is 7.13. The highest BCUT2D eigenvalue weighted by atomic mass is 32.1. The minimum absolute atomic E-state index is 0.0641. The molecule has 0 saturated carbocycles. The number of amides is 2. The molecule has 0 bridgehead atoms. The number of carbonyl (C=O) groups excluding carboxylic acids is 1. The lowest BCUT2D eigenvalue weighted by Crippen LogP contribution is -2.42. The maximum atomic E-state index is 12.5. The molecule has 0 atom stereocenters. The first-order valence-electron chi connectivity index (χ1n) is 9.11. The number of nitrogens with one attached hydrogen (secondary N) is 1. The van der Waals surface area contributed by atoms with Gasteiger partial charge >= 0.3 is 6.03 Å². The summed E-state index contributed by atoms with van der Waals surface area (Å²) in [5.74, 6) is 0.343.